The van der Waals surface area contributed by atoms with Crippen molar-refractivity contribution in [1.82, 2.24) is 9.21 Å². The summed E-state index contributed by atoms with van der Waals surface area (Å²) in [6.45, 7) is 8.68. The predicted molar refractivity (Wildman–Crippen MR) is 149 cm³/mol. The molecule has 37 heavy (non-hydrogen) atoms. The number of hydrogen-bond acceptors (Lipinski definition) is 4. The van der Waals surface area contributed by atoms with Gasteiger partial charge in [-0.15, -0.1) is 0 Å². The van der Waals surface area contributed by atoms with E-state index in [2.05, 4.69) is 18.7 Å². The third kappa shape index (κ3) is 6.88. The van der Waals surface area contributed by atoms with Crippen molar-refractivity contribution in [2.24, 2.45) is 0 Å². The van der Waals surface area contributed by atoms with Gasteiger partial charge in [-0.05, 0) is 87.2 Å². The molecule has 196 valence electrons. The number of carbonyl (C=O) groups excluding carboxylic acids is 1. The molecule has 3 aromatic carbocycles. The Hall–Kier alpha value is -2.51. The van der Waals surface area contributed by atoms with Gasteiger partial charge in [0.25, 0.3) is 0 Å². The molecule has 1 heterocycles. The van der Waals surface area contributed by atoms with Gasteiger partial charge in [0.2, 0.25) is 10.0 Å². The van der Waals surface area contributed by atoms with Crippen LogP contribution in [0.5, 0.6) is 0 Å². The number of sulfonamides is 1. The van der Waals surface area contributed by atoms with Crippen LogP contribution in [0.15, 0.2) is 71.6 Å². The van der Waals surface area contributed by atoms with Crippen LogP contribution in [0.2, 0.25) is 5.02 Å². The maximum atomic E-state index is 13.1. The number of nitrogens with zero attached hydrogens (tertiary/aromatic N) is 2. The molecule has 0 saturated heterocycles. The summed E-state index contributed by atoms with van der Waals surface area (Å²) >= 11 is 6.01. The van der Waals surface area contributed by atoms with Gasteiger partial charge in [0, 0.05) is 42.7 Å². The molecule has 7 heteroatoms. The zero-order chi connectivity index (χ0) is 26.6. The lowest BCUT2D eigenvalue weighted by atomic mass is 9.96. The summed E-state index contributed by atoms with van der Waals surface area (Å²) in [4.78, 5) is 15.7. The summed E-state index contributed by atoms with van der Waals surface area (Å²) in [5.41, 5.74) is 4.97. The maximum absolute atomic E-state index is 13.1. The molecule has 5 nitrogen and oxygen atoms in total. The highest BCUT2D eigenvalue weighted by atomic mass is 35.5. The molecule has 1 aliphatic heterocycles. The minimum Gasteiger partial charge on any atom is -0.297 e. The van der Waals surface area contributed by atoms with E-state index in [0.717, 1.165) is 41.2 Å². The molecule has 0 N–H and O–H groups in total. The normalized spacial score (nSPS) is 14.2. The highest BCUT2D eigenvalue weighted by Crippen LogP contribution is 2.26. The average Bonchev–Trinajstić information content (AvgIpc) is 2.88. The van der Waals surface area contributed by atoms with Crippen molar-refractivity contribution < 1.29 is 13.2 Å². The third-order valence-corrected chi connectivity index (χ3v) is 9.15. The van der Waals surface area contributed by atoms with Crippen LogP contribution < -0.4 is 0 Å². The molecule has 0 aromatic heterocycles. The van der Waals surface area contributed by atoms with Crippen LogP contribution in [0.25, 0.3) is 0 Å². The number of benzene rings is 3. The van der Waals surface area contributed by atoms with Crippen molar-refractivity contribution in [3.63, 3.8) is 0 Å². The van der Waals surface area contributed by atoms with Crippen LogP contribution in [0.1, 0.15) is 59.3 Å². The van der Waals surface area contributed by atoms with E-state index < -0.39 is 10.0 Å². The molecule has 0 atom stereocenters. The number of ketones is 1. The Kier molecular flexibility index (Phi) is 8.86. The molecule has 1 aliphatic rings. The van der Waals surface area contributed by atoms with E-state index in [1.165, 1.54) is 9.87 Å². The second-order valence-corrected chi connectivity index (χ2v) is 12.5. The van der Waals surface area contributed by atoms with E-state index in [-0.39, 0.29) is 5.78 Å². The SMILES string of the molecule is Cc1ccc(S(=O)(=O)N2CCc3cc(C(=O)CCCN(Cc4ccc(Cl)cc4)C(C)C)ccc3C2)cc1. The highest BCUT2D eigenvalue weighted by molar-refractivity contribution is 7.89. The van der Waals surface area contributed by atoms with Crippen molar-refractivity contribution in [1.29, 1.82) is 0 Å². The van der Waals surface area contributed by atoms with Gasteiger partial charge in [-0.1, -0.05) is 53.6 Å². The Bertz CT molecular complexity index is 1340. The fraction of sp³-hybridized carbons (Fsp3) is 0.367. The minimum absolute atomic E-state index is 0.132. The van der Waals surface area contributed by atoms with Gasteiger partial charge in [-0.3, -0.25) is 9.69 Å². The number of fused-ring (bicyclic) bond motifs is 1. The topological polar surface area (TPSA) is 57.7 Å². The summed E-state index contributed by atoms with van der Waals surface area (Å²) in [6.07, 6.45) is 1.87. The number of aryl methyl sites for hydroxylation is 1. The monoisotopic (exact) mass is 538 g/mol. The van der Waals surface area contributed by atoms with E-state index in [1.54, 1.807) is 12.1 Å². The van der Waals surface area contributed by atoms with Crippen LogP contribution in [0.4, 0.5) is 0 Å². The summed E-state index contributed by atoms with van der Waals surface area (Å²) in [5, 5.41) is 0.732. The summed E-state index contributed by atoms with van der Waals surface area (Å²) in [5.74, 6) is 0.132. The number of carbonyl (C=O) groups is 1. The van der Waals surface area contributed by atoms with Crippen LogP contribution in [-0.2, 0) is 29.5 Å². The number of hydrogen-bond donors (Lipinski definition) is 0. The lowest BCUT2D eigenvalue weighted by Crippen LogP contribution is -2.36. The Morgan fingerprint density at radius 1 is 1.00 bits per heavy atom. The Morgan fingerprint density at radius 2 is 1.70 bits per heavy atom. The Balaban J connectivity index is 1.35. The van der Waals surface area contributed by atoms with E-state index in [9.17, 15) is 13.2 Å². The van der Waals surface area contributed by atoms with Crippen LogP contribution in [-0.4, -0.2) is 42.5 Å². The quantitative estimate of drug-likeness (QED) is 0.285. The molecule has 0 bridgehead atoms. The van der Waals surface area contributed by atoms with Gasteiger partial charge < -0.3 is 0 Å². The van der Waals surface area contributed by atoms with Crippen LogP contribution >= 0.6 is 11.6 Å². The summed E-state index contributed by atoms with van der Waals surface area (Å²) < 4.78 is 27.7. The van der Waals surface area contributed by atoms with Crippen molar-refractivity contribution >= 4 is 27.4 Å². The first-order chi connectivity index (χ1) is 17.6. The highest BCUT2D eigenvalue weighted by Gasteiger charge is 2.28. The fourth-order valence-electron chi connectivity index (χ4n) is 4.70. The second kappa shape index (κ2) is 11.9. The largest absolute Gasteiger partial charge is 0.297 e. The maximum Gasteiger partial charge on any atom is 0.243 e. The van der Waals surface area contributed by atoms with Gasteiger partial charge in [0.1, 0.15) is 0 Å². The molecule has 4 rings (SSSR count). The van der Waals surface area contributed by atoms with Crippen molar-refractivity contribution in [2.75, 3.05) is 13.1 Å². The van der Waals surface area contributed by atoms with Gasteiger partial charge in [-0.25, -0.2) is 8.42 Å². The van der Waals surface area contributed by atoms with Crippen molar-refractivity contribution in [3.05, 3.63) is 99.6 Å². The molecule has 0 amide bonds. The van der Waals surface area contributed by atoms with Crippen LogP contribution in [0.3, 0.4) is 0 Å². The fourth-order valence-corrected chi connectivity index (χ4v) is 6.24. The standard InChI is InChI=1S/C30H35ClN2O3S/c1-22(2)32(20-24-8-12-28(31)13-9-24)17-4-5-30(34)26-10-11-27-21-33(18-16-25(27)19-26)37(35,36)29-14-6-23(3)7-15-29/h6-15,19,22H,4-5,16-18,20-21H2,1-3H3. The number of halogens is 1. The van der Waals surface area contributed by atoms with E-state index >= 15 is 0 Å². The van der Waals surface area contributed by atoms with Crippen LogP contribution in [0, 0.1) is 6.92 Å². The first kappa shape index (κ1) is 27.5. The third-order valence-electron chi connectivity index (χ3n) is 7.04. The summed E-state index contributed by atoms with van der Waals surface area (Å²) in [6, 6.07) is 21.0. The lowest BCUT2D eigenvalue weighted by molar-refractivity contribution is 0.0970. The Morgan fingerprint density at radius 3 is 2.38 bits per heavy atom. The van der Waals surface area contributed by atoms with Gasteiger partial charge in [0.15, 0.2) is 5.78 Å². The van der Waals surface area contributed by atoms with E-state index in [4.69, 9.17) is 11.6 Å². The van der Waals surface area contributed by atoms with E-state index in [0.29, 0.717) is 42.4 Å². The molecule has 0 saturated carbocycles. The molecular weight excluding hydrogens is 504 g/mol. The number of Topliss-reactive ketones (excluding diaryl/α,β-unsaturated/α-hetero) is 1. The van der Waals surface area contributed by atoms with Crippen molar-refractivity contribution in [3.8, 4) is 0 Å². The van der Waals surface area contributed by atoms with Gasteiger partial charge >= 0.3 is 0 Å². The van der Waals surface area contributed by atoms with Gasteiger partial charge in [-0.2, -0.15) is 4.31 Å². The number of rotatable bonds is 10. The van der Waals surface area contributed by atoms with E-state index in [1.807, 2.05) is 61.5 Å². The Labute approximate surface area is 226 Å². The first-order valence-corrected chi connectivity index (χ1v) is 14.7. The molecule has 3 aromatic rings. The molecular formula is C30H35ClN2O3S. The zero-order valence-corrected chi connectivity index (χ0v) is 23.4. The average molecular weight is 539 g/mol. The molecule has 0 aliphatic carbocycles. The second-order valence-electron chi connectivity index (χ2n) is 10.1. The molecule has 0 unspecified atom stereocenters. The molecule has 0 fully saturated rings. The first-order valence-electron chi connectivity index (χ1n) is 12.8. The smallest absolute Gasteiger partial charge is 0.243 e. The minimum atomic E-state index is -3.54. The summed E-state index contributed by atoms with van der Waals surface area (Å²) in [7, 11) is -3.54. The van der Waals surface area contributed by atoms with Gasteiger partial charge in [0.05, 0.1) is 4.90 Å². The molecule has 0 spiro atoms. The zero-order valence-electron chi connectivity index (χ0n) is 21.8. The molecule has 0 radical (unpaired) electrons. The van der Waals surface area contributed by atoms with Crippen molar-refractivity contribution in [2.45, 2.75) is 64.1 Å². The predicted octanol–water partition coefficient (Wildman–Crippen LogP) is 6.27. The lowest BCUT2D eigenvalue weighted by Gasteiger charge is -2.28.